The highest BCUT2D eigenvalue weighted by Gasteiger charge is 2.02. The van der Waals surface area contributed by atoms with E-state index in [0.717, 1.165) is 28.0 Å². The highest BCUT2D eigenvalue weighted by molar-refractivity contribution is 9.10. The van der Waals surface area contributed by atoms with Crippen LogP contribution in [0.25, 0.3) is 0 Å². The van der Waals surface area contributed by atoms with Gasteiger partial charge in [0.2, 0.25) is 0 Å². The van der Waals surface area contributed by atoms with Crippen LogP contribution in [0.1, 0.15) is 12.5 Å². The standard InChI is InChI=1S/C14H15BrN2/c1-2-10-8-11(15)6-7-14(10)17-13-5-3-4-12(16)9-13/h3-9,17H,2,16H2,1H3. The minimum absolute atomic E-state index is 0.769. The molecule has 0 spiro atoms. The quantitative estimate of drug-likeness (QED) is 0.826. The number of anilines is 3. The molecule has 0 aliphatic carbocycles. The Hall–Kier alpha value is -1.48. The molecular formula is C14H15BrN2. The maximum absolute atomic E-state index is 5.76. The highest BCUT2D eigenvalue weighted by atomic mass is 79.9. The van der Waals surface area contributed by atoms with Crippen LogP contribution in [0, 0.1) is 0 Å². The molecule has 17 heavy (non-hydrogen) atoms. The fourth-order valence-electron chi connectivity index (χ4n) is 1.75. The van der Waals surface area contributed by atoms with E-state index in [9.17, 15) is 0 Å². The zero-order valence-electron chi connectivity index (χ0n) is 9.70. The van der Waals surface area contributed by atoms with Crippen molar-refractivity contribution < 1.29 is 0 Å². The van der Waals surface area contributed by atoms with E-state index in [1.807, 2.05) is 30.3 Å². The Balaban J connectivity index is 2.29. The second kappa shape index (κ2) is 5.23. The van der Waals surface area contributed by atoms with E-state index in [4.69, 9.17) is 5.73 Å². The van der Waals surface area contributed by atoms with Gasteiger partial charge in [-0.05, 0) is 48.4 Å². The number of aryl methyl sites for hydroxylation is 1. The maximum atomic E-state index is 5.76. The van der Waals surface area contributed by atoms with Crippen molar-refractivity contribution in [2.24, 2.45) is 0 Å². The fraction of sp³-hybridized carbons (Fsp3) is 0.143. The highest BCUT2D eigenvalue weighted by Crippen LogP contribution is 2.25. The van der Waals surface area contributed by atoms with Gasteiger partial charge in [-0.15, -0.1) is 0 Å². The van der Waals surface area contributed by atoms with Crippen LogP contribution >= 0.6 is 15.9 Å². The first-order valence-corrected chi connectivity index (χ1v) is 6.39. The van der Waals surface area contributed by atoms with Gasteiger partial charge in [-0.25, -0.2) is 0 Å². The molecule has 0 aromatic heterocycles. The predicted octanol–water partition coefficient (Wildman–Crippen LogP) is 4.34. The van der Waals surface area contributed by atoms with Gasteiger partial charge in [0.25, 0.3) is 0 Å². The largest absolute Gasteiger partial charge is 0.399 e. The molecule has 0 heterocycles. The van der Waals surface area contributed by atoms with Crippen LogP contribution in [0.5, 0.6) is 0 Å². The van der Waals surface area contributed by atoms with Crippen LogP contribution < -0.4 is 11.1 Å². The number of hydrogen-bond acceptors (Lipinski definition) is 2. The fourth-order valence-corrected chi connectivity index (χ4v) is 2.16. The van der Waals surface area contributed by atoms with Crippen LogP contribution in [0.15, 0.2) is 46.9 Å². The SMILES string of the molecule is CCc1cc(Br)ccc1Nc1cccc(N)c1. The average Bonchev–Trinajstić information content (AvgIpc) is 2.31. The Bertz CT molecular complexity index is 523. The Morgan fingerprint density at radius 1 is 1.18 bits per heavy atom. The first kappa shape index (κ1) is 12.0. The Labute approximate surface area is 110 Å². The number of halogens is 1. The summed E-state index contributed by atoms with van der Waals surface area (Å²) in [5.74, 6) is 0. The van der Waals surface area contributed by atoms with Gasteiger partial charge in [0.15, 0.2) is 0 Å². The van der Waals surface area contributed by atoms with Gasteiger partial charge in [0.05, 0.1) is 0 Å². The summed E-state index contributed by atoms with van der Waals surface area (Å²) in [5.41, 5.74) is 9.95. The third-order valence-electron chi connectivity index (χ3n) is 2.61. The molecule has 0 aliphatic rings. The summed E-state index contributed by atoms with van der Waals surface area (Å²) >= 11 is 3.49. The van der Waals surface area contributed by atoms with Gasteiger partial charge in [0.1, 0.15) is 0 Å². The lowest BCUT2D eigenvalue weighted by Gasteiger charge is -2.11. The van der Waals surface area contributed by atoms with E-state index in [1.165, 1.54) is 5.56 Å². The van der Waals surface area contributed by atoms with Gasteiger partial charge in [-0.1, -0.05) is 28.9 Å². The number of nitrogens with one attached hydrogen (secondary N) is 1. The summed E-state index contributed by atoms with van der Waals surface area (Å²) < 4.78 is 1.10. The van der Waals surface area contributed by atoms with E-state index < -0.39 is 0 Å². The predicted molar refractivity (Wildman–Crippen MR) is 77.7 cm³/mol. The van der Waals surface area contributed by atoms with Crippen LogP contribution in [0.2, 0.25) is 0 Å². The Morgan fingerprint density at radius 3 is 2.71 bits per heavy atom. The van der Waals surface area contributed by atoms with Crippen LogP contribution in [-0.2, 0) is 6.42 Å². The van der Waals surface area contributed by atoms with E-state index >= 15 is 0 Å². The van der Waals surface area contributed by atoms with E-state index in [1.54, 1.807) is 0 Å². The normalized spacial score (nSPS) is 10.2. The van der Waals surface area contributed by atoms with Crippen molar-refractivity contribution in [1.82, 2.24) is 0 Å². The monoisotopic (exact) mass is 290 g/mol. The second-order valence-electron chi connectivity index (χ2n) is 3.91. The Kier molecular flexibility index (Phi) is 3.69. The van der Waals surface area contributed by atoms with E-state index in [0.29, 0.717) is 0 Å². The molecule has 2 nitrogen and oxygen atoms in total. The second-order valence-corrected chi connectivity index (χ2v) is 4.82. The molecule has 0 saturated heterocycles. The summed E-state index contributed by atoms with van der Waals surface area (Å²) in [5, 5.41) is 3.39. The molecule has 2 rings (SSSR count). The summed E-state index contributed by atoms with van der Waals surface area (Å²) in [4.78, 5) is 0. The molecule has 88 valence electrons. The lowest BCUT2D eigenvalue weighted by atomic mass is 10.1. The van der Waals surface area contributed by atoms with Crippen LogP contribution in [0.3, 0.4) is 0 Å². The van der Waals surface area contributed by atoms with Crippen molar-refractivity contribution in [1.29, 1.82) is 0 Å². The third kappa shape index (κ3) is 3.01. The van der Waals surface area contributed by atoms with Crippen molar-refractivity contribution in [3.8, 4) is 0 Å². The minimum Gasteiger partial charge on any atom is -0.399 e. The third-order valence-corrected chi connectivity index (χ3v) is 3.11. The molecule has 3 heteroatoms. The molecule has 2 aromatic rings. The minimum atomic E-state index is 0.769. The molecule has 2 aromatic carbocycles. The number of hydrogen-bond donors (Lipinski definition) is 2. The van der Waals surface area contributed by atoms with Gasteiger partial charge in [-0.3, -0.25) is 0 Å². The number of benzene rings is 2. The molecule has 0 aliphatic heterocycles. The number of nitrogen functional groups attached to an aromatic ring is 1. The Morgan fingerprint density at radius 2 is 2.00 bits per heavy atom. The topological polar surface area (TPSA) is 38.0 Å². The van der Waals surface area contributed by atoms with Crippen molar-refractivity contribution in [2.45, 2.75) is 13.3 Å². The maximum Gasteiger partial charge on any atom is 0.0417 e. The molecule has 0 radical (unpaired) electrons. The molecule has 0 atom stereocenters. The molecule has 0 saturated carbocycles. The van der Waals surface area contributed by atoms with E-state index in [-0.39, 0.29) is 0 Å². The van der Waals surface area contributed by atoms with E-state index in [2.05, 4.69) is 40.3 Å². The first-order chi connectivity index (χ1) is 8.19. The summed E-state index contributed by atoms with van der Waals surface area (Å²) in [7, 11) is 0. The molecule has 0 fully saturated rings. The molecule has 0 unspecified atom stereocenters. The number of nitrogens with two attached hydrogens (primary N) is 1. The van der Waals surface area contributed by atoms with Crippen LogP contribution in [0.4, 0.5) is 17.1 Å². The van der Waals surface area contributed by atoms with Crippen molar-refractivity contribution in [3.05, 3.63) is 52.5 Å². The smallest absolute Gasteiger partial charge is 0.0417 e. The van der Waals surface area contributed by atoms with Gasteiger partial charge in [-0.2, -0.15) is 0 Å². The van der Waals surface area contributed by atoms with Gasteiger partial charge < -0.3 is 11.1 Å². The lowest BCUT2D eigenvalue weighted by molar-refractivity contribution is 1.14. The lowest BCUT2D eigenvalue weighted by Crippen LogP contribution is -1.96. The summed E-state index contributed by atoms with van der Waals surface area (Å²) in [6.07, 6.45) is 0.990. The van der Waals surface area contributed by atoms with Crippen LogP contribution in [-0.4, -0.2) is 0 Å². The zero-order chi connectivity index (χ0) is 12.3. The van der Waals surface area contributed by atoms with Crippen molar-refractivity contribution in [3.63, 3.8) is 0 Å². The molecule has 0 bridgehead atoms. The summed E-state index contributed by atoms with van der Waals surface area (Å²) in [6.45, 7) is 2.15. The average molecular weight is 291 g/mol. The zero-order valence-corrected chi connectivity index (χ0v) is 11.3. The van der Waals surface area contributed by atoms with Crippen molar-refractivity contribution >= 4 is 33.0 Å². The van der Waals surface area contributed by atoms with Gasteiger partial charge in [0, 0.05) is 21.5 Å². The molecule has 3 N–H and O–H groups in total. The number of rotatable bonds is 3. The van der Waals surface area contributed by atoms with Crippen molar-refractivity contribution in [2.75, 3.05) is 11.1 Å². The van der Waals surface area contributed by atoms with Gasteiger partial charge >= 0.3 is 0 Å². The summed E-state index contributed by atoms with van der Waals surface area (Å²) in [6, 6.07) is 14.0. The molecule has 0 amide bonds. The molecular weight excluding hydrogens is 276 g/mol. The first-order valence-electron chi connectivity index (χ1n) is 5.60.